The first-order valence-corrected chi connectivity index (χ1v) is 8.27. The van der Waals surface area contributed by atoms with E-state index in [1.54, 1.807) is 7.05 Å². The van der Waals surface area contributed by atoms with Crippen molar-refractivity contribution in [2.45, 2.75) is 6.54 Å². The van der Waals surface area contributed by atoms with E-state index in [0.29, 0.717) is 12.1 Å². The number of anilines is 2. The predicted octanol–water partition coefficient (Wildman–Crippen LogP) is 1.89. The summed E-state index contributed by atoms with van der Waals surface area (Å²) in [6.45, 7) is 0.0161. The Bertz CT molecular complexity index is 719. The van der Waals surface area contributed by atoms with Crippen molar-refractivity contribution in [1.29, 1.82) is 0 Å². The lowest BCUT2D eigenvalue weighted by molar-refractivity contribution is 0.0532. The number of carbonyl (C=O) groups is 1. The molecule has 0 radical (unpaired) electrons. The van der Waals surface area contributed by atoms with E-state index in [0.717, 1.165) is 22.2 Å². The Balaban J connectivity index is 2.32. The second kappa shape index (κ2) is 8.13. The molecule has 0 aliphatic rings. The summed E-state index contributed by atoms with van der Waals surface area (Å²) in [5, 5.41) is 13.8. The number of hydrogen-bond donors (Lipinski definition) is 2. The van der Waals surface area contributed by atoms with Crippen molar-refractivity contribution in [3.05, 3.63) is 53.6 Å². The summed E-state index contributed by atoms with van der Waals surface area (Å²) in [5.74, 6) is -0.209. The van der Waals surface area contributed by atoms with Crippen LogP contribution < -0.4 is 15.5 Å². The Morgan fingerprint density at radius 1 is 1.21 bits per heavy atom. The molecular weight excluding hydrogens is 321 g/mol. The number of carbonyl (C=O) groups excluding carboxylic acids is 1. The molecule has 0 fully saturated rings. The number of aliphatic hydroxyl groups excluding tert-OH is 1. The molecule has 0 aromatic heterocycles. The molecule has 2 aromatic rings. The van der Waals surface area contributed by atoms with E-state index in [1.807, 2.05) is 61.5 Å². The van der Waals surface area contributed by atoms with Gasteiger partial charge in [-0.2, -0.15) is 0 Å². The van der Waals surface area contributed by atoms with E-state index >= 15 is 0 Å². The van der Waals surface area contributed by atoms with Gasteiger partial charge in [0.1, 0.15) is 6.73 Å². The predicted molar refractivity (Wildman–Crippen MR) is 103 cm³/mol. The van der Waals surface area contributed by atoms with Crippen LogP contribution >= 0.6 is 9.24 Å². The van der Waals surface area contributed by atoms with Gasteiger partial charge < -0.3 is 20.2 Å². The first kappa shape index (κ1) is 18.2. The molecule has 6 heteroatoms. The van der Waals surface area contributed by atoms with Gasteiger partial charge in [-0.1, -0.05) is 24.3 Å². The van der Waals surface area contributed by atoms with Crippen LogP contribution in [0.5, 0.6) is 0 Å². The van der Waals surface area contributed by atoms with Gasteiger partial charge in [-0.15, -0.1) is 9.24 Å². The van der Waals surface area contributed by atoms with Crippen molar-refractivity contribution in [1.82, 2.24) is 4.90 Å². The summed E-state index contributed by atoms with van der Waals surface area (Å²) in [7, 11) is 8.27. The van der Waals surface area contributed by atoms with E-state index in [2.05, 4.69) is 14.6 Å². The highest BCUT2D eigenvalue weighted by atomic mass is 31.0. The molecule has 0 spiro atoms. The lowest BCUT2D eigenvalue weighted by Crippen LogP contribution is -2.32. The number of hydrogen-bond acceptors (Lipinski definition) is 4. The molecule has 24 heavy (non-hydrogen) atoms. The second-order valence-electron chi connectivity index (χ2n) is 5.76. The normalized spacial score (nSPS) is 10.4. The largest absolute Gasteiger partial charge is 0.387 e. The average Bonchev–Trinajstić information content (AvgIpc) is 2.58. The standard InChI is InChI=1S/C18H24N3O2P/c1-19-17-8-7-14(20(2)3)10-16(17)18(23)21(12-22)11-13-5-4-6-15(24)9-13/h4-10,19,22H,11-12,24H2,1-3H3. The monoisotopic (exact) mass is 345 g/mol. The van der Waals surface area contributed by atoms with Crippen LogP contribution in [0.2, 0.25) is 0 Å². The summed E-state index contributed by atoms with van der Waals surface area (Å²) >= 11 is 0. The van der Waals surface area contributed by atoms with Crippen LogP contribution in [0.4, 0.5) is 11.4 Å². The number of benzene rings is 2. The average molecular weight is 345 g/mol. The molecule has 1 amide bonds. The Hall–Kier alpha value is -2.10. The first-order chi connectivity index (χ1) is 11.5. The third-order valence-corrected chi connectivity index (χ3v) is 4.16. The SMILES string of the molecule is CNc1ccc(N(C)C)cc1C(=O)N(CO)Cc1cccc(P)c1. The maximum absolute atomic E-state index is 12.9. The molecule has 0 saturated carbocycles. The fraction of sp³-hybridized carbons (Fsp3) is 0.278. The quantitative estimate of drug-likeness (QED) is 0.620. The van der Waals surface area contributed by atoms with Crippen molar-refractivity contribution in [2.75, 3.05) is 38.1 Å². The minimum atomic E-state index is -0.338. The Kier molecular flexibility index (Phi) is 6.18. The van der Waals surface area contributed by atoms with Crippen molar-refractivity contribution >= 4 is 31.8 Å². The molecule has 0 bridgehead atoms. The van der Waals surface area contributed by atoms with E-state index in [1.165, 1.54) is 4.90 Å². The van der Waals surface area contributed by atoms with Gasteiger partial charge in [-0.05, 0) is 29.1 Å². The Morgan fingerprint density at radius 2 is 1.96 bits per heavy atom. The fourth-order valence-corrected chi connectivity index (χ4v) is 2.80. The third-order valence-electron chi connectivity index (χ3n) is 3.80. The van der Waals surface area contributed by atoms with Crippen molar-refractivity contribution < 1.29 is 9.90 Å². The minimum absolute atomic E-state index is 0.209. The van der Waals surface area contributed by atoms with Crippen LogP contribution in [0.15, 0.2) is 42.5 Å². The van der Waals surface area contributed by atoms with Gasteiger partial charge in [0.15, 0.2) is 0 Å². The molecule has 5 nitrogen and oxygen atoms in total. The molecule has 1 atom stereocenters. The summed E-state index contributed by atoms with van der Waals surface area (Å²) in [5.41, 5.74) is 3.19. The summed E-state index contributed by atoms with van der Waals surface area (Å²) < 4.78 is 0. The molecule has 2 aromatic carbocycles. The molecule has 0 aliphatic heterocycles. The van der Waals surface area contributed by atoms with Crippen LogP contribution in [0.3, 0.4) is 0 Å². The van der Waals surface area contributed by atoms with Gasteiger partial charge in [-0.3, -0.25) is 4.79 Å². The van der Waals surface area contributed by atoms with E-state index < -0.39 is 0 Å². The van der Waals surface area contributed by atoms with Gasteiger partial charge >= 0.3 is 0 Å². The third kappa shape index (κ3) is 4.25. The van der Waals surface area contributed by atoms with Crippen LogP contribution in [0.25, 0.3) is 0 Å². The molecule has 1 unspecified atom stereocenters. The number of nitrogens with one attached hydrogen (secondary N) is 1. The van der Waals surface area contributed by atoms with Gasteiger partial charge in [0.25, 0.3) is 5.91 Å². The first-order valence-electron chi connectivity index (χ1n) is 7.70. The fourth-order valence-electron chi connectivity index (χ4n) is 2.47. The summed E-state index contributed by atoms with van der Waals surface area (Å²) in [6, 6.07) is 13.5. The smallest absolute Gasteiger partial charge is 0.258 e. The summed E-state index contributed by atoms with van der Waals surface area (Å²) in [6.07, 6.45) is 0. The highest BCUT2D eigenvalue weighted by molar-refractivity contribution is 7.27. The van der Waals surface area contributed by atoms with Crippen LogP contribution in [-0.2, 0) is 6.54 Å². The topological polar surface area (TPSA) is 55.8 Å². The van der Waals surface area contributed by atoms with Crippen molar-refractivity contribution in [3.8, 4) is 0 Å². The van der Waals surface area contributed by atoms with Crippen LogP contribution in [-0.4, -0.2) is 43.8 Å². The van der Waals surface area contributed by atoms with E-state index in [9.17, 15) is 9.90 Å². The zero-order chi connectivity index (χ0) is 17.7. The molecule has 0 heterocycles. The number of nitrogens with zero attached hydrogens (tertiary/aromatic N) is 2. The van der Waals surface area contributed by atoms with Crippen LogP contribution in [0.1, 0.15) is 15.9 Å². The maximum atomic E-state index is 12.9. The minimum Gasteiger partial charge on any atom is -0.387 e. The molecule has 128 valence electrons. The van der Waals surface area contributed by atoms with Crippen LogP contribution in [0, 0.1) is 0 Å². The Labute approximate surface area is 145 Å². The van der Waals surface area contributed by atoms with E-state index in [4.69, 9.17) is 0 Å². The molecule has 2 N–H and O–H groups in total. The Morgan fingerprint density at radius 3 is 2.54 bits per heavy atom. The van der Waals surface area contributed by atoms with Crippen molar-refractivity contribution in [3.63, 3.8) is 0 Å². The zero-order valence-electron chi connectivity index (χ0n) is 14.3. The highest BCUT2D eigenvalue weighted by Gasteiger charge is 2.19. The highest BCUT2D eigenvalue weighted by Crippen LogP contribution is 2.24. The summed E-state index contributed by atoms with van der Waals surface area (Å²) in [4.78, 5) is 16.3. The molecule has 0 aliphatic carbocycles. The lowest BCUT2D eigenvalue weighted by atomic mass is 10.1. The second-order valence-corrected chi connectivity index (χ2v) is 6.43. The molecule has 0 saturated heterocycles. The van der Waals surface area contributed by atoms with Gasteiger partial charge in [0, 0.05) is 39.1 Å². The lowest BCUT2D eigenvalue weighted by Gasteiger charge is -2.23. The van der Waals surface area contributed by atoms with Gasteiger partial charge in [0.2, 0.25) is 0 Å². The number of rotatable bonds is 6. The van der Waals surface area contributed by atoms with Crippen molar-refractivity contribution in [2.24, 2.45) is 0 Å². The molecule has 2 rings (SSSR count). The number of aliphatic hydroxyl groups is 1. The zero-order valence-corrected chi connectivity index (χ0v) is 15.4. The van der Waals surface area contributed by atoms with E-state index in [-0.39, 0.29) is 12.6 Å². The maximum Gasteiger partial charge on any atom is 0.258 e. The molecular formula is C18H24N3O2P. The number of amides is 1. The van der Waals surface area contributed by atoms with Gasteiger partial charge in [0.05, 0.1) is 5.56 Å². The van der Waals surface area contributed by atoms with Gasteiger partial charge in [-0.25, -0.2) is 0 Å².